The fourth-order valence-electron chi connectivity index (χ4n) is 5.37. The number of ether oxygens (including phenoxy) is 4. The van der Waals surface area contributed by atoms with Gasteiger partial charge in [0.1, 0.15) is 0 Å². The predicted molar refractivity (Wildman–Crippen MR) is 189 cm³/mol. The summed E-state index contributed by atoms with van der Waals surface area (Å²) in [5.41, 5.74) is 0.00169. The molecule has 50 heavy (non-hydrogen) atoms. The second-order valence-electron chi connectivity index (χ2n) is 11.0. The third kappa shape index (κ3) is 9.02. The first kappa shape index (κ1) is 36.0. The van der Waals surface area contributed by atoms with Crippen LogP contribution < -0.4 is 15.7 Å². The summed E-state index contributed by atoms with van der Waals surface area (Å²) in [4.78, 5) is 52.5. The standard InChI is InChI=1S/C39H36N2O8Se/c1-28(42)48-37(50-33-21-13-6-14-22-33)36(41-26-25-34(43)40-38(41)45)49-32(23-24-35(44)46-2)27-47-39(29-15-7-3-8-16-29,30-17-9-4-10-18-30)31-19-11-5-12-20-31/h3-26,32,36-37H,27H2,1-2H3,(H,40,43,45)/b24-23+/t32-,36+,37+/m0/s1. The van der Waals surface area contributed by atoms with E-state index in [1.165, 1.54) is 38.4 Å². The summed E-state index contributed by atoms with van der Waals surface area (Å²) in [6, 6.07) is 39.7. The Hall–Kier alpha value is -5.32. The third-order valence-corrected chi connectivity index (χ3v) is 9.92. The summed E-state index contributed by atoms with van der Waals surface area (Å²) >= 11 is -0.577. The van der Waals surface area contributed by atoms with Gasteiger partial charge in [0, 0.05) is 0 Å². The third-order valence-electron chi connectivity index (χ3n) is 7.60. The number of aromatic nitrogens is 2. The van der Waals surface area contributed by atoms with E-state index in [0.29, 0.717) is 0 Å². The maximum absolute atomic E-state index is 13.3. The van der Waals surface area contributed by atoms with E-state index in [9.17, 15) is 19.2 Å². The van der Waals surface area contributed by atoms with Crippen LogP contribution in [0.25, 0.3) is 0 Å². The Morgan fingerprint density at radius 3 is 1.80 bits per heavy atom. The summed E-state index contributed by atoms with van der Waals surface area (Å²) in [5.74, 6) is -1.23. The van der Waals surface area contributed by atoms with E-state index in [2.05, 4.69) is 4.98 Å². The molecule has 10 nitrogen and oxygen atoms in total. The van der Waals surface area contributed by atoms with Crippen molar-refractivity contribution in [2.24, 2.45) is 0 Å². The van der Waals surface area contributed by atoms with Crippen molar-refractivity contribution in [1.82, 2.24) is 9.55 Å². The molecule has 0 saturated carbocycles. The van der Waals surface area contributed by atoms with Gasteiger partial charge in [0.15, 0.2) is 0 Å². The average Bonchev–Trinajstić information content (AvgIpc) is 3.14. The van der Waals surface area contributed by atoms with E-state index < -0.39 is 61.1 Å². The predicted octanol–water partition coefficient (Wildman–Crippen LogP) is 4.08. The molecule has 0 bridgehead atoms. The van der Waals surface area contributed by atoms with Gasteiger partial charge in [-0.05, 0) is 0 Å². The zero-order valence-electron chi connectivity index (χ0n) is 27.4. The van der Waals surface area contributed by atoms with Crippen molar-refractivity contribution in [3.05, 3.63) is 183 Å². The van der Waals surface area contributed by atoms with Gasteiger partial charge >= 0.3 is 296 Å². The van der Waals surface area contributed by atoms with Gasteiger partial charge in [-0.2, -0.15) is 0 Å². The van der Waals surface area contributed by atoms with E-state index >= 15 is 0 Å². The molecular formula is C39H36N2O8Se. The van der Waals surface area contributed by atoms with Crippen LogP contribution in [0.1, 0.15) is 29.8 Å². The van der Waals surface area contributed by atoms with Crippen LogP contribution in [-0.2, 0) is 34.1 Å². The Bertz CT molecular complexity index is 1890. The van der Waals surface area contributed by atoms with Crippen LogP contribution in [0, 0.1) is 0 Å². The fraction of sp³-hybridized carbons (Fsp3) is 0.179. The topological polar surface area (TPSA) is 126 Å². The van der Waals surface area contributed by atoms with Crippen LogP contribution in [-0.4, -0.2) is 61.3 Å². The molecule has 1 aromatic heterocycles. The number of carbonyl (C=O) groups is 2. The Morgan fingerprint density at radius 2 is 1.32 bits per heavy atom. The quantitative estimate of drug-likeness (QED) is 0.0738. The summed E-state index contributed by atoms with van der Waals surface area (Å²) in [6.45, 7) is 1.12. The second-order valence-corrected chi connectivity index (χ2v) is 13.4. The second kappa shape index (κ2) is 17.4. The van der Waals surface area contributed by atoms with Crippen molar-refractivity contribution in [3.63, 3.8) is 0 Å². The number of nitrogens with zero attached hydrogens (tertiary/aromatic N) is 1. The molecular weight excluding hydrogens is 703 g/mol. The number of esters is 2. The molecule has 4 aromatic carbocycles. The number of hydrogen-bond acceptors (Lipinski definition) is 8. The molecule has 0 aliphatic rings. The molecule has 0 amide bonds. The zero-order chi connectivity index (χ0) is 35.3. The SMILES string of the molecule is COC(=O)/C=C/[C@@H](COC(c1ccccc1)(c1ccccc1)c1ccccc1)O[C@H]([C@H](OC(C)=O)[Se]c1ccccc1)n1ccc(=O)[nH]c1=O. The number of carbonyl (C=O) groups excluding carboxylic acids is 2. The molecule has 0 saturated heterocycles. The molecule has 0 aliphatic heterocycles. The van der Waals surface area contributed by atoms with Crippen molar-refractivity contribution < 1.29 is 28.5 Å². The van der Waals surface area contributed by atoms with E-state index in [1.807, 2.05) is 121 Å². The van der Waals surface area contributed by atoms with E-state index in [0.717, 1.165) is 25.7 Å². The molecule has 0 fully saturated rings. The molecule has 1 N–H and O–H groups in total. The number of nitrogens with one attached hydrogen (secondary N) is 1. The van der Waals surface area contributed by atoms with Crippen LogP contribution in [0.2, 0.25) is 0 Å². The first-order chi connectivity index (χ1) is 24.3. The molecule has 11 heteroatoms. The van der Waals surface area contributed by atoms with E-state index in [-0.39, 0.29) is 6.61 Å². The van der Waals surface area contributed by atoms with Gasteiger partial charge in [0.05, 0.1) is 0 Å². The Balaban J connectivity index is 1.62. The van der Waals surface area contributed by atoms with Crippen LogP contribution >= 0.6 is 0 Å². The van der Waals surface area contributed by atoms with Gasteiger partial charge in [-0.3, -0.25) is 0 Å². The Labute approximate surface area is 295 Å². The zero-order valence-corrected chi connectivity index (χ0v) is 29.1. The number of aromatic amines is 1. The molecule has 5 aromatic rings. The van der Waals surface area contributed by atoms with E-state index in [1.54, 1.807) is 0 Å². The number of hydrogen-bond donors (Lipinski definition) is 1. The fourth-order valence-corrected chi connectivity index (χ4v) is 7.64. The molecule has 0 unspecified atom stereocenters. The van der Waals surface area contributed by atoms with Gasteiger partial charge in [-0.1, -0.05) is 0 Å². The van der Waals surface area contributed by atoms with Gasteiger partial charge in [-0.25, -0.2) is 0 Å². The molecule has 0 aliphatic carbocycles. The normalized spacial score (nSPS) is 13.3. The molecule has 1 heterocycles. The van der Waals surface area contributed by atoms with Crippen LogP contribution in [0.15, 0.2) is 155 Å². The van der Waals surface area contributed by atoms with Gasteiger partial charge < -0.3 is 0 Å². The van der Waals surface area contributed by atoms with Gasteiger partial charge in [0.25, 0.3) is 0 Å². The molecule has 0 spiro atoms. The van der Waals surface area contributed by atoms with Gasteiger partial charge in [-0.15, -0.1) is 0 Å². The van der Waals surface area contributed by atoms with Crippen molar-refractivity contribution in [1.29, 1.82) is 0 Å². The number of H-pyrrole nitrogens is 1. The average molecular weight is 740 g/mol. The van der Waals surface area contributed by atoms with Crippen molar-refractivity contribution in [2.45, 2.75) is 29.9 Å². The maximum atomic E-state index is 13.3. The summed E-state index contributed by atoms with van der Waals surface area (Å²) in [7, 11) is 1.26. The van der Waals surface area contributed by atoms with Crippen LogP contribution in [0.4, 0.5) is 0 Å². The van der Waals surface area contributed by atoms with E-state index in [4.69, 9.17) is 18.9 Å². The molecule has 256 valence electrons. The number of benzene rings is 4. The Morgan fingerprint density at radius 1 is 0.800 bits per heavy atom. The minimum atomic E-state index is -1.25. The first-order valence-electron chi connectivity index (χ1n) is 15.7. The van der Waals surface area contributed by atoms with Crippen LogP contribution in [0.3, 0.4) is 0 Å². The molecule has 0 radical (unpaired) electrons. The first-order valence-corrected chi connectivity index (χ1v) is 17.6. The number of methoxy groups -OCH3 is 1. The number of rotatable bonds is 15. The monoisotopic (exact) mass is 740 g/mol. The summed E-state index contributed by atoms with van der Waals surface area (Å²) in [5, 5.41) is -0.984. The Kier molecular flexibility index (Phi) is 12.5. The summed E-state index contributed by atoms with van der Waals surface area (Å²) in [6.07, 6.45) is 1.70. The molecule has 3 atom stereocenters. The van der Waals surface area contributed by atoms with Crippen molar-refractivity contribution in [3.8, 4) is 0 Å². The van der Waals surface area contributed by atoms with Crippen LogP contribution in [0.5, 0.6) is 0 Å². The van der Waals surface area contributed by atoms with Crippen molar-refractivity contribution in [2.75, 3.05) is 13.7 Å². The summed E-state index contributed by atoms with van der Waals surface area (Å²) < 4.78 is 26.4. The molecule has 5 rings (SSSR count). The minimum absolute atomic E-state index is 0.147. The van der Waals surface area contributed by atoms with Gasteiger partial charge in [0.2, 0.25) is 0 Å². The van der Waals surface area contributed by atoms with Crippen molar-refractivity contribution >= 4 is 31.4 Å².